The van der Waals surface area contributed by atoms with E-state index >= 15 is 0 Å². The maximum Gasteiger partial charge on any atom is 0.235 e. The van der Waals surface area contributed by atoms with Gasteiger partial charge in [0.1, 0.15) is 5.52 Å². The second kappa shape index (κ2) is 10.1. The zero-order chi connectivity index (χ0) is 22.5. The summed E-state index contributed by atoms with van der Waals surface area (Å²) in [5.41, 5.74) is 3.86. The summed E-state index contributed by atoms with van der Waals surface area (Å²) >= 11 is 1.38. The van der Waals surface area contributed by atoms with Crippen molar-refractivity contribution < 1.29 is 4.79 Å². The van der Waals surface area contributed by atoms with Gasteiger partial charge in [0.15, 0.2) is 5.65 Å². The number of carbonyl (C=O) groups excluding carboxylic acids is 1. The smallest absolute Gasteiger partial charge is 0.235 e. The molecule has 7 heteroatoms. The number of hydrogen-bond donors (Lipinski definition) is 0. The summed E-state index contributed by atoms with van der Waals surface area (Å²) in [6.07, 6.45) is 1.90. The first-order valence-electron chi connectivity index (χ1n) is 11.2. The van der Waals surface area contributed by atoms with Gasteiger partial charge in [0.2, 0.25) is 11.1 Å². The van der Waals surface area contributed by atoms with Crippen LogP contribution in [0.25, 0.3) is 22.1 Å². The molecule has 0 saturated heterocycles. The molecule has 6 nitrogen and oxygen atoms in total. The number of fused-ring (bicyclic) bond motifs is 3. The fourth-order valence-electron chi connectivity index (χ4n) is 4.00. The Morgan fingerprint density at radius 3 is 2.41 bits per heavy atom. The molecule has 0 radical (unpaired) electrons. The second-order valence-corrected chi connectivity index (χ2v) is 9.25. The number of rotatable bonds is 9. The summed E-state index contributed by atoms with van der Waals surface area (Å²) < 4.78 is 2.19. The number of para-hydroxylation sites is 1. The summed E-state index contributed by atoms with van der Waals surface area (Å²) in [5, 5.41) is 10.2. The van der Waals surface area contributed by atoms with Gasteiger partial charge < -0.3 is 9.47 Å². The molecule has 1 amide bonds. The molecule has 1 unspecified atom stereocenters. The van der Waals surface area contributed by atoms with Crippen molar-refractivity contribution in [3.05, 3.63) is 60.2 Å². The summed E-state index contributed by atoms with van der Waals surface area (Å²) in [4.78, 5) is 19.8. The van der Waals surface area contributed by atoms with Gasteiger partial charge in [-0.15, -0.1) is 10.2 Å². The fourth-order valence-corrected chi connectivity index (χ4v) is 4.80. The summed E-state index contributed by atoms with van der Waals surface area (Å²) in [7, 11) is 0. The van der Waals surface area contributed by atoms with E-state index in [1.165, 1.54) is 17.3 Å². The Balaban J connectivity index is 1.68. The molecule has 0 aliphatic carbocycles. The topological polar surface area (TPSA) is 63.9 Å². The lowest BCUT2D eigenvalue weighted by atomic mass is 10.2. The van der Waals surface area contributed by atoms with E-state index in [9.17, 15) is 4.79 Å². The van der Waals surface area contributed by atoms with Crippen molar-refractivity contribution in [2.75, 3.05) is 13.1 Å². The highest BCUT2D eigenvalue weighted by Gasteiger charge is 2.23. The van der Waals surface area contributed by atoms with Gasteiger partial charge in [-0.05, 0) is 31.4 Å². The van der Waals surface area contributed by atoms with Crippen LogP contribution in [0.15, 0.2) is 59.8 Å². The van der Waals surface area contributed by atoms with E-state index in [4.69, 9.17) is 4.98 Å². The van der Waals surface area contributed by atoms with Gasteiger partial charge in [-0.2, -0.15) is 0 Å². The van der Waals surface area contributed by atoms with Crippen LogP contribution in [-0.4, -0.2) is 48.9 Å². The van der Waals surface area contributed by atoms with Crippen LogP contribution < -0.4 is 0 Å². The van der Waals surface area contributed by atoms with Crippen LogP contribution in [-0.2, 0) is 11.3 Å². The summed E-state index contributed by atoms with van der Waals surface area (Å²) in [6, 6.07) is 18.5. The van der Waals surface area contributed by atoms with E-state index < -0.39 is 0 Å². The Kier molecular flexibility index (Phi) is 7.05. The quantitative estimate of drug-likeness (QED) is 0.332. The van der Waals surface area contributed by atoms with Crippen LogP contribution in [0.4, 0.5) is 0 Å². The van der Waals surface area contributed by atoms with Crippen molar-refractivity contribution in [3.8, 4) is 0 Å². The van der Waals surface area contributed by atoms with Crippen LogP contribution in [0.5, 0.6) is 0 Å². The molecule has 4 aromatic rings. The van der Waals surface area contributed by atoms with Crippen molar-refractivity contribution in [2.24, 2.45) is 0 Å². The summed E-state index contributed by atoms with van der Waals surface area (Å²) in [5.74, 6) is 0.132. The molecule has 2 heterocycles. The molecule has 2 aromatic heterocycles. The molecule has 0 bridgehead atoms. The molecular weight excluding hydrogens is 418 g/mol. The van der Waals surface area contributed by atoms with Gasteiger partial charge in [-0.3, -0.25) is 4.79 Å². The first kappa shape index (κ1) is 22.3. The Morgan fingerprint density at radius 1 is 1.00 bits per heavy atom. The molecule has 0 aliphatic heterocycles. The SMILES string of the molecule is CCCN(CCC)C(=O)C(C)Sc1nnc2c3ccccc3n(Cc3ccccc3)c2n1. The van der Waals surface area contributed by atoms with Crippen LogP contribution >= 0.6 is 11.8 Å². The highest BCUT2D eigenvalue weighted by molar-refractivity contribution is 8.00. The number of aromatic nitrogens is 4. The van der Waals surface area contributed by atoms with E-state index in [2.05, 4.69) is 52.9 Å². The molecule has 32 heavy (non-hydrogen) atoms. The van der Waals surface area contributed by atoms with Gasteiger partial charge in [-0.1, -0.05) is 74.1 Å². The number of hydrogen-bond acceptors (Lipinski definition) is 5. The van der Waals surface area contributed by atoms with Crippen molar-refractivity contribution in [1.29, 1.82) is 0 Å². The predicted molar refractivity (Wildman–Crippen MR) is 131 cm³/mol. The van der Waals surface area contributed by atoms with E-state index in [1.807, 2.05) is 42.2 Å². The van der Waals surface area contributed by atoms with Crippen molar-refractivity contribution in [2.45, 2.75) is 50.6 Å². The molecule has 1 atom stereocenters. The average molecular weight is 448 g/mol. The Labute approximate surface area is 193 Å². The Hall–Kier alpha value is -2.93. The third kappa shape index (κ3) is 4.63. The van der Waals surface area contributed by atoms with Crippen molar-refractivity contribution in [3.63, 3.8) is 0 Å². The zero-order valence-electron chi connectivity index (χ0n) is 18.9. The lowest BCUT2D eigenvalue weighted by molar-refractivity contribution is -0.130. The first-order chi connectivity index (χ1) is 15.6. The normalized spacial score (nSPS) is 12.3. The highest BCUT2D eigenvalue weighted by Crippen LogP contribution is 2.29. The van der Waals surface area contributed by atoms with Crippen molar-refractivity contribution >= 4 is 39.7 Å². The van der Waals surface area contributed by atoms with Crippen LogP contribution in [0, 0.1) is 0 Å². The Morgan fingerprint density at radius 2 is 1.69 bits per heavy atom. The number of thioether (sulfide) groups is 1. The van der Waals surface area contributed by atoms with Gasteiger partial charge >= 0.3 is 0 Å². The monoisotopic (exact) mass is 447 g/mol. The molecule has 0 spiro atoms. The zero-order valence-corrected chi connectivity index (χ0v) is 19.7. The molecule has 2 aromatic carbocycles. The van der Waals surface area contributed by atoms with E-state index in [0.29, 0.717) is 11.7 Å². The van der Waals surface area contributed by atoms with Gasteiger partial charge in [0, 0.05) is 25.0 Å². The fraction of sp³-hybridized carbons (Fsp3) is 0.360. The lowest BCUT2D eigenvalue weighted by Gasteiger charge is -2.24. The predicted octanol–water partition coefficient (Wildman–Crippen LogP) is 5.16. The van der Waals surface area contributed by atoms with E-state index in [1.54, 1.807) is 0 Å². The molecule has 0 aliphatic rings. The van der Waals surface area contributed by atoms with Gasteiger partial charge in [0.05, 0.1) is 10.8 Å². The average Bonchev–Trinajstić information content (AvgIpc) is 3.12. The van der Waals surface area contributed by atoms with E-state index in [-0.39, 0.29) is 11.2 Å². The molecule has 4 rings (SSSR count). The van der Waals surface area contributed by atoms with Crippen LogP contribution in [0.1, 0.15) is 39.2 Å². The number of carbonyl (C=O) groups is 1. The maximum absolute atomic E-state index is 13.0. The van der Waals surface area contributed by atoms with E-state index in [0.717, 1.165) is 48.0 Å². The molecule has 0 saturated carbocycles. The molecular formula is C25H29N5OS. The van der Waals surface area contributed by atoms with Crippen LogP contribution in [0.2, 0.25) is 0 Å². The summed E-state index contributed by atoms with van der Waals surface area (Å²) in [6.45, 7) is 8.38. The number of benzene rings is 2. The standard InChI is InChI=1S/C25H29N5OS/c1-4-15-29(16-5-2)24(31)18(3)32-25-26-23-22(27-28-25)20-13-9-10-14-21(20)30(23)17-19-11-7-6-8-12-19/h6-14,18H,4-5,15-17H2,1-3H3. The highest BCUT2D eigenvalue weighted by atomic mass is 32.2. The lowest BCUT2D eigenvalue weighted by Crippen LogP contribution is -2.37. The third-order valence-electron chi connectivity index (χ3n) is 5.47. The minimum absolute atomic E-state index is 0.132. The minimum atomic E-state index is -0.265. The third-order valence-corrected chi connectivity index (χ3v) is 6.41. The minimum Gasteiger partial charge on any atom is -0.342 e. The maximum atomic E-state index is 13.0. The number of nitrogens with zero attached hydrogens (tertiary/aromatic N) is 5. The molecule has 166 valence electrons. The molecule has 0 fully saturated rings. The second-order valence-electron chi connectivity index (χ2n) is 7.94. The van der Waals surface area contributed by atoms with Gasteiger partial charge in [0.25, 0.3) is 0 Å². The van der Waals surface area contributed by atoms with Gasteiger partial charge in [-0.25, -0.2) is 4.98 Å². The molecule has 0 N–H and O–H groups in total. The largest absolute Gasteiger partial charge is 0.342 e. The number of amides is 1. The Bertz CT molecular complexity index is 1200. The first-order valence-corrected chi connectivity index (χ1v) is 12.1. The van der Waals surface area contributed by atoms with Crippen molar-refractivity contribution in [1.82, 2.24) is 24.6 Å². The van der Waals surface area contributed by atoms with Crippen LogP contribution in [0.3, 0.4) is 0 Å².